The topological polar surface area (TPSA) is 77.0 Å². The van der Waals surface area contributed by atoms with Crippen LogP contribution < -0.4 is 14.9 Å². The van der Waals surface area contributed by atoms with E-state index in [1.807, 2.05) is 0 Å². The van der Waals surface area contributed by atoms with Gasteiger partial charge < -0.3 is 9.47 Å². The molecule has 0 aliphatic rings. The Kier molecular flexibility index (Phi) is 6.48. The second-order valence-electron chi connectivity index (χ2n) is 5.47. The first-order valence-electron chi connectivity index (χ1n) is 8.16. The van der Waals surface area contributed by atoms with Gasteiger partial charge in [0.25, 0.3) is 5.91 Å². The number of ether oxygens (including phenoxy) is 2. The number of nitrogens with zero attached hydrogens (tertiary/aromatic N) is 1. The molecule has 0 unspecified atom stereocenters. The van der Waals surface area contributed by atoms with Crippen molar-refractivity contribution in [1.82, 2.24) is 5.43 Å². The normalized spacial score (nSPS) is 10.6. The fourth-order valence-corrected chi connectivity index (χ4v) is 2.66. The molecule has 1 heterocycles. The third-order valence-electron chi connectivity index (χ3n) is 3.40. The number of thiophene rings is 1. The van der Waals surface area contributed by atoms with Gasteiger partial charge in [-0.25, -0.2) is 14.6 Å². The Labute approximate surface area is 164 Å². The summed E-state index contributed by atoms with van der Waals surface area (Å²) in [4.78, 5) is 24.1. The summed E-state index contributed by atoms with van der Waals surface area (Å²) in [7, 11) is 0. The van der Waals surface area contributed by atoms with E-state index in [1.165, 1.54) is 41.8 Å². The van der Waals surface area contributed by atoms with Gasteiger partial charge in [0.15, 0.2) is 6.61 Å². The minimum Gasteiger partial charge on any atom is -0.484 e. The fraction of sp³-hybridized carbons (Fsp3) is 0.0500. The first kappa shape index (κ1) is 19.2. The molecule has 0 radical (unpaired) electrons. The van der Waals surface area contributed by atoms with Crippen LogP contribution in [0.4, 0.5) is 4.39 Å². The molecule has 1 amide bonds. The molecule has 3 aromatic rings. The average Bonchev–Trinajstić information content (AvgIpc) is 3.24. The number of hydrazone groups is 1. The molecule has 0 aliphatic heterocycles. The Balaban J connectivity index is 1.44. The van der Waals surface area contributed by atoms with Crippen molar-refractivity contribution in [3.05, 3.63) is 82.3 Å². The number of carbonyl (C=O) groups is 2. The number of benzene rings is 2. The second-order valence-corrected chi connectivity index (χ2v) is 6.42. The second kappa shape index (κ2) is 9.43. The highest BCUT2D eigenvalue weighted by Gasteiger charge is 2.09. The van der Waals surface area contributed by atoms with E-state index in [9.17, 15) is 14.0 Å². The predicted octanol–water partition coefficient (Wildman–Crippen LogP) is 3.64. The van der Waals surface area contributed by atoms with Crippen LogP contribution in [0.2, 0.25) is 0 Å². The van der Waals surface area contributed by atoms with Crippen molar-refractivity contribution >= 4 is 29.4 Å². The Morgan fingerprint density at radius 2 is 1.75 bits per heavy atom. The zero-order valence-electron chi connectivity index (χ0n) is 14.5. The van der Waals surface area contributed by atoms with Gasteiger partial charge in [-0.3, -0.25) is 4.79 Å². The zero-order chi connectivity index (χ0) is 19.8. The Morgan fingerprint density at radius 1 is 1.04 bits per heavy atom. The number of nitrogens with one attached hydrogen (secondary N) is 1. The molecule has 28 heavy (non-hydrogen) atoms. The van der Waals surface area contributed by atoms with E-state index in [2.05, 4.69) is 10.5 Å². The van der Waals surface area contributed by atoms with Gasteiger partial charge in [0.05, 0.1) is 6.21 Å². The quantitative estimate of drug-likeness (QED) is 0.285. The zero-order valence-corrected chi connectivity index (χ0v) is 15.3. The van der Waals surface area contributed by atoms with Crippen molar-refractivity contribution < 1.29 is 23.5 Å². The Bertz CT molecular complexity index is 955. The van der Waals surface area contributed by atoms with E-state index in [1.54, 1.807) is 41.8 Å². The number of hydrogen-bond donors (Lipinski definition) is 1. The highest BCUT2D eigenvalue weighted by molar-refractivity contribution is 7.12. The van der Waals surface area contributed by atoms with E-state index in [0.717, 1.165) is 0 Å². The van der Waals surface area contributed by atoms with Crippen molar-refractivity contribution in [2.24, 2.45) is 5.10 Å². The maximum atomic E-state index is 12.8. The lowest BCUT2D eigenvalue weighted by molar-refractivity contribution is -0.123. The largest absolute Gasteiger partial charge is 0.484 e. The predicted molar refractivity (Wildman–Crippen MR) is 103 cm³/mol. The van der Waals surface area contributed by atoms with Crippen LogP contribution >= 0.6 is 11.3 Å². The van der Waals surface area contributed by atoms with Crippen LogP contribution in [0.5, 0.6) is 11.5 Å². The lowest BCUT2D eigenvalue weighted by Crippen LogP contribution is -2.24. The van der Waals surface area contributed by atoms with E-state index < -0.39 is 11.9 Å². The maximum absolute atomic E-state index is 12.8. The molecule has 8 heteroatoms. The molecular weight excluding hydrogens is 383 g/mol. The molecular formula is C20H15FN2O4S. The minimum atomic E-state index is -0.456. The third kappa shape index (κ3) is 5.75. The monoisotopic (exact) mass is 398 g/mol. The summed E-state index contributed by atoms with van der Waals surface area (Å²) >= 11 is 1.31. The number of esters is 1. The van der Waals surface area contributed by atoms with Crippen LogP contribution in [-0.4, -0.2) is 24.7 Å². The number of halogens is 1. The number of rotatable bonds is 7. The summed E-state index contributed by atoms with van der Waals surface area (Å²) < 4.78 is 23.3. The molecule has 0 saturated carbocycles. The van der Waals surface area contributed by atoms with Crippen LogP contribution in [0.25, 0.3) is 0 Å². The van der Waals surface area contributed by atoms with Gasteiger partial charge in [-0.2, -0.15) is 5.10 Å². The molecule has 2 aromatic carbocycles. The molecule has 1 N–H and O–H groups in total. The maximum Gasteiger partial charge on any atom is 0.353 e. The van der Waals surface area contributed by atoms with Gasteiger partial charge in [-0.15, -0.1) is 11.3 Å². The third-order valence-corrected chi connectivity index (χ3v) is 4.25. The summed E-state index contributed by atoms with van der Waals surface area (Å²) in [6.07, 6.45) is 1.45. The SMILES string of the molecule is O=C(COc1ccc(F)cc1)NN=Cc1ccc(OC(=O)c2cccs2)cc1. The van der Waals surface area contributed by atoms with Gasteiger partial charge >= 0.3 is 5.97 Å². The number of amides is 1. The van der Waals surface area contributed by atoms with E-state index >= 15 is 0 Å². The number of hydrogen-bond acceptors (Lipinski definition) is 6. The standard InChI is InChI=1S/C20H15FN2O4S/c21-15-5-9-16(10-6-15)26-13-19(24)23-22-12-14-3-7-17(8-4-14)27-20(25)18-2-1-11-28-18/h1-12H,13H2,(H,23,24). The van der Waals surface area contributed by atoms with Crippen molar-refractivity contribution in [3.8, 4) is 11.5 Å². The minimum absolute atomic E-state index is 0.249. The van der Waals surface area contributed by atoms with Gasteiger partial charge in [0, 0.05) is 0 Å². The van der Waals surface area contributed by atoms with Crippen LogP contribution in [0.1, 0.15) is 15.2 Å². The van der Waals surface area contributed by atoms with Crippen molar-refractivity contribution in [3.63, 3.8) is 0 Å². The van der Waals surface area contributed by atoms with Crippen LogP contribution in [0.3, 0.4) is 0 Å². The first-order valence-corrected chi connectivity index (χ1v) is 9.04. The Morgan fingerprint density at radius 3 is 2.43 bits per heavy atom. The molecule has 0 saturated heterocycles. The Hall–Kier alpha value is -3.52. The molecule has 0 bridgehead atoms. The molecule has 6 nitrogen and oxygen atoms in total. The van der Waals surface area contributed by atoms with Crippen molar-refractivity contribution in [2.75, 3.05) is 6.61 Å². The van der Waals surface area contributed by atoms with Crippen LogP contribution in [-0.2, 0) is 4.79 Å². The summed E-state index contributed by atoms with van der Waals surface area (Å²) in [5.41, 5.74) is 3.03. The smallest absolute Gasteiger partial charge is 0.353 e. The molecule has 3 rings (SSSR count). The molecule has 142 valence electrons. The summed E-state index contributed by atoms with van der Waals surface area (Å²) in [6.45, 7) is -0.249. The fourth-order valence-electron chi connectivity index (χ4n) is 2.06. The van der Waals surface area contributed by atoms with E-state index in [0.29, 0.717) is 21.9 Å². The van der Waals surface area contributed by atoms with Crippen molar-refractivity contribution in [2.45, 2.75) is 0 Å². The molecule has 0 aliphatic carbocycles. The number of carbonyl (C=O) groups excluding carboxylic acids is 2. The van der Waals surface area contributed by atoms with Crippen LogP contribution in [0, 0.1) is 5.82 Å². The molecule has 0 fully saturated rings. The van der Waals surface area contributed by atoms with Crippen LogP contribution in [0.15, 0.2) is 71.1 Å². The van der Waals surface area contributed by atoms with Gasteiger partial charge in [0.2, 0.25) is 0 Å². The van der Waals surface area contributed by atoms with Gasteiger partial charge in [-0.05, 0) is 65.5 Å². The summed E-state index contributed by atoms with van der Waals surface area (Å²) in [6, 6.07) is 15.5. The van der Waals surface area contributed by atoms with E-state index in [4.69, 9.17) is 9.47 Å². The summed E-state index contributed by atoms with van der Waals surface area (Å²) in [5.74, 6) is -0.457. The summed E-state index contributed by atoms with van der Waals surface area (Å²) in [5, 5.41) is 5.63. The lowest BCUT2D eigenvalue weighted by atomic mass is 10.2. The lowest BCUT2D eigenvalue weighted by Gasteiger charge is -2.04. The van der Waals surface area contributed by atoms with Gasteiger partial charge in [-0.1, -0.05) is 6.07 Å². The van der Waals surface area contributed by atoms with Crippen molar-refractivity contribution in [1.29, 1.82) is 0 Å². The van der Waals surface area contributed by atoms with Gasteiger partial charge in [0.1, 0.15) is 22.2 Å². The molecule has 1 aromatic heterocycles. The molecule has 0 spiro atoms. The molecule has 0 atom stereocenters. The highest BCUT2D eigenvalue weighted by Crippen LogP contribution is 2.16. The average molecular weight is 398 g/mol. The van der Waals surface area contributed by atoms with E-state index in [-0.39, 0.29) is 12.4 Å². The first-order chi connectivity index (χ1) is 13.6. The highest BCUT2D eigenvalue weighted by atomic mass is 32.1.